The molecule has 2 aromatic heterocycles. The fourth-order valence-corrected chi connectivity index (χ4v) is 1.68. The number of hydrogen-bond donors (Lipinski definition) is 1. The summed E-state index contributed by atoms with van der Waals surface area (Å²) in [5.41, 5.74) is 1.60. The normalized spacial score (nSPS) is 10.8. The Morgan fingerprint density at radius 1 is 1.60 bits per heavy atom. The summed E-state index contributed by atoms with van der Waals surface area (Å²) in [6.07, 6.45) is 1.70. The lowest BCUT2D eigenvalue weighted by Gasteiger charge is -2.05. The van der Waals surface area contributed by atoms with Crippen molar-refractivity contribution in [2.45, 2.75) is 20.4 Å². The Bertz CT molecular complexity index is 577. The molecule has 0 saturated carbocycles. The fourth-order valence-electron chi connectivity index (χ4n) is 1.68. The highest BCUT2D eigenvalue weighted by molar-refractivity contribution is 5.75. The summed E-state index contributed by atoms with van der Waals surface area (Å²) in [6.45, 7) is 7.86. The van der Waals surface area contributed by atoms with Crippen molar-refractivity contribution in [1.29, 1.82) is 0 Å². The summed E-state index contributed by atoms with van der Waals surface area (Å²) in [6, 6.07) is 1.82. The van der Waals surface area contributed by atoms with Gasteiger partial charge >= 0.3 is 0 Å². The molecule has 78 valence electrons. The van der Waals surface area contributed by atoms with Gasteiger partial charge < -0.3 is 4.98 Å². The van der Waals surface area contributed by atoms with Crippen molar-refractivity contribution < 1.29 is 0 Å². The molecule has 1 N–H and O–H groups in total. The van der Waals surface area contributed by atoms with Crippen LogP contribution in [0.4, 0.5) is 0 Å². The summed E-state index contributed by atoms with van der Waals surface area (Å²) in [5.74, 6) is 0.703. The van der Waals surface area contributed by atoms with Crippen molar-refractivity contribution in [2.75, 3.05) is 0 Å². The van der Waals surface area contributed by atoms with Crippen molar-refractivity contribution in [1.82, 2.24) is 14.5 Å². The van der Waals surface area contributed by atoms with Crippen LogP contribution in [0.2, 0.25) is 0 Å². The maximum atomic E-state index is 12.0. The van der Waals surface area contributed by atoms with Gasteiger partial charge in [0.15, 0.2) is 0 Å². The molecule has 2 heterocycles. The van der Waals surface area contributed by atoms with Crippen LogP contribution in [-0.2, 0) is 6.54 Å². The Morgan fingerprint density at radius 3 is 3.00 bits per heavy atom. The molecule has 0 atom stereocenters. The van der Waals surface area contributed by atoms with Gasteiger partial charge in [0.25, 0.3) is 5.56 Å². The molecule has 0 fully saturated rings. The molecule has 0 aliphatic heterocycles. The molecule has 0 spiro atoms. The van der Waals surface area contributed by atoms with Gasteiger partial charge in [-0.15, -0.1) is 6.58 Å². The molecule has 0 aliphatic rings. The number of nitrogens with zero attached hydrogens (tertiary/aromatic N) is 2. The zero-order chi connectivity index (χ0) is 11.0. The van der Waals surface area contributed by atoms with E-state index >= 15 is 0 Å². The number of fused-ring (bicyclic) bond motifs is 1. The van der Waals surface area contributed by atoms with Gasteiger partial charge in [-0.05, 0) is 19.9 Å². The molecule has 0 aromatic carbocycles. The van der Waals surface area contributed by atoms with E-state index in [0.717, 1.165) is 5.69 Å². The van der Waals surface area contributed by atoms with Gasteiger partial charge in [-0.3, -0.25) is 9.36 Å². The lowest BCUT2D eigenvalue weighted by atomic mass is 10.3. The smallest absolute Gasteiger partial charge is 0.263 e. The van der Waals surface area contributed by atoms with E-state index in [2.05, 4.69) is 16.5 Å². The first-order chi connectivity index (χ1) is 7.13. The number of allylic oxidation sites excluding steroid dienone is 1. The number of aromatic nitrogens is 3. The molecule has 0 unspecified atom stereocenters. The topological polar surface area (TPSA) is 50.7 Å². The van der Waals surface area contributed by atoms with Crippen LogP contribution in [-0.4, -0.2) is 14.5 Å². The Hall–Kier alpha value is -1.84. The molecule has 4 heteroatoms. The van der Waals surface area contributed by atoms with E-state index in [1.807, 2.05) is 19.9 Å². The molecular weight excluding hydrogens is 190 g/mol. The van der Waals surface area contributed by atoms with Crippen molar-refractivity contribution in [3.05, 3.63) is 40.6 Å². The summed E-state index contributed by atoms with van der Waals surface area (Å²) in [7, 11) is 0. The first-order valence-electron chi connectivity index (χ1n) is 4.81. The first-order valence-corrected chi connectivity index (χ1v) is 4.81. The molecule has 2 rings (SSSR count). The third-order valence-electron chi connectivity index (χ3n) is 2.38. The van der Waals surface area contributed by atoms with Crippen LogP contribution in [0.1, 0.15) is 11.5 Å². The number of aromatic amines is 1. The van der Waals surface area contributed by atoms with Crippen LogP contribution in [0.15, 0.2) is 23.5 Å². The minimum atomic E-state index is -0.0123. The van der Waals surface area contributed by atoms with Gasteiger partial charge in [0.1, 0.15) is 11.5 Å². The van der Waals surface area contributed by atoms with Crippen LogP contribution >= 0.6 is 0 Å². The fraction of sp³-hybridized carbons (Fsp3) is 0.273. The van der Waals surface area contributed by atoms with E-state index in [0.29, 0.717) is 23.4 Å². The zero-order valence-electron chi connectivity index (χ0n) is 8.87. The zero-order valence-corrected chi connectivity index (χ0v) is 8.87. The minimum Gasteiger partial charge on any atom is -0.343 e. The van der Waals surface area contributed by atoms with Crippen molar-refractivity contribution in [3.8, 4) is 0 Å². The molecule has 0 radical (unpaired) electrons. The molecule has 0 amide bonds. The van der Waals surface area contributed by atoms with Crippen LogP contribution in [0.3, 0.4) is 0 Å². The average molecular weight is 203 g/mol. The molecular formula is C11H13N3O. The Balaban J connectivity index is 2.83. The van der Waals surface area contributed by atoms with Gasteiger partial charge in [0.2, 0.25) is 0 Å². The number of aryl methyl sites for hydroxylation is 2. The second-order valence-corrected chi connectivity index (χ2v) is 3.58. The van der Waals surface area contributed by atoms with E-state index in [9.17, 15) is 4.79 Å². The summed E-state index contributed by atoms with van der Waals surface area (Å²) in [5, 5.41) is 0.639. The predicted octanol–water partition coefficient (Wildman–Crippen LogP) is 1.53. The second-order valence-electron chi connectivity index (χ2n) is 3.58. The van der Waals surface area contributed by atoms with Gasteiger partial charge in [-0.2, -0.15) is 0 Å². The number of hydrogen-bond acceptors (Lipinski definition) is 2. The third-order valence-corrected chi connectivity index (χ3v) is 2.38. The number of rotatable bonds is 2. The Morgan fingerprint density at radius 2 is 2.33 bits per heavy atom. The van der Waals surface area contributed by atoms with E-state index in [1.54, 1.807) is 10.6 Å². The Labute approximate surface area is 87.3 Å². The molecule has 2 aromatic rings. The van der Waals surface area contributed by atoms with Gasteiger partial charge in [-0.25, -0.2) is 4.98 Å². The maximum Gasteiger partial charge on any atom is 0.263 e. The highest BCUT2D eigenvalue weighted by atomic mass is 16.1. The highest BCUT2D eigenvalue weighted by Crippen LogP contribution is 2.08. The van der Waals surface area contributed by atoms with Crippen molar-refractivity contribution in [3.63, 3.8) is 0 Å². The van der Waals surface area contributed by atoms with E-state index < -0.39 is 0 Å². The minimum absolute atomic E-state index is 0.0123. The van der Waals surface area contributed by atoms with Gasteiger partial charge in [0.05, 0.1) is 5.39 Å². The average Bonchev–Trinajstić information content (AvgIpc) is 2.53. The van der Waals surface area contributed by atoms with Gasteiger partial charge in [0, 0.05) is 12.2 Å². The van der Waals surface area contributed by atoms with Crippen LogP contribution in [0.5, 0.6) is 0 Å². The second kappa shape index (κ2) is 3.38. The number of H-pyrrole nitrogens is 1. The molecule has 0 bridgehead atoms. The van der Waals surface area contributed by atoms with Crippen molar-refractivity contribution >= 4 is 11.0 Å². The maximum absolute atomic E-state index is 12.0. The predicted molar refractivity (Wildman–Crippen MR) is 60.0 cm³/mol. The van der Waals surface area contributed by atoms with E-state index in [1.165, 1.54) is 0 Å². The molecule has 0 aliphatic carbocycles. The van der Waals surface area contributed by atoms with E-state index in [4.69, 9.17) is 0 Å². The molecule has 0 saturated heterocycles. The summed E-state index contributed by atoms with van der Waals surface area (Å²) in [4.78, 5) is 19.4. The Kier molecular flexibility index (Phi) is 2.19. The monoisotopic (exact) mass is 203 g/mol. The van der Waals surface area contributed by atoms with Crippen LogP contribution in [0, 0.1) is 13.8 Å². The third kappa shape index (κ3) is 1.48. The first kappa shape index (κ1) is 9.71. The van der Waals surface area contributed by atoms with Crippen molar-refractivity contribution in [2.24, 2.45) is 0 Å². The van der Waals surface area contributed by atoms with Gasteiger partial charge in [-0.1, -0.05) is 6.08 Å². The SMILES string of the molecule is C=CCn1c(C)nc2[nH]c(C)cc2c1=O. The van der Waals surface area contributed by atoms with E-state index in [-0.39, 0.29) is 5.56 Å². The molecule has 15 heavy (non-hydrogen) atoms. The molecule has 4 nitrogen and oxygen atoms in total. The van der Waals surface area contributed by atoms with Crippen LogP contribution in [0.25, 0.3) is 11.0 Å². The lowest BCUT2D eigenvalue weighted by molar-refractivity contribution is 0.728. The summed E-state index contributed by atoms with van der Waals surface area (Å²) < 4.78 is 1.61. The standard InChI is InChI=1S/C11H13N3O/c1-4-5-14-8(3)13-10-9(11(14)15)6-7(2)12-10/h4,6,12H,1,5H2,2-3H3. The highest BCUT2D eigenvalue weighted by Gasteiger charge is 2.08. The van der Waals surface area contributed by atoms with Crippen LogP contribution < -0.4 is 5.56 Å². The number of nitrogens with one attached hydrogen (secondary N) is 1. The largest absolute Gasteiger partial charge is 0.343 e. The lowest BCUT2D eigenvalue weighted by Crippen LogP contribution is -2.22. The quantitative estimate of drug-likeness (QED) is 0.752. The summed E-state index contributed by atoms with van der Waals surface area (Å²) >= 11 is 0.